The predicted octanol–water partition coefficient (Wildman–Crippen LogP) is 5.16. The Balaban J connectivity index is 1.33. The molecule has 182 valence electrons. The van der Waals surface area contributed by atoms with Crippen LogP contribution in [0.5, 0.6) is 0 Å². The van der Waals surface area contributed by atoms with Crippen LogP contribution in [-0.2, 0) is 11.3 Å². The van der Waals surface area contributed by atoms with E-state index in [4.69, 9.17) is 16.3 Å². The third-order valence-corrected chi connectivity index (χ3v) is 7.19. The molecule has 34 heavy (non-hydrogen) atoms. The number of nitrogens with one attached hydrogen (secondary N) is 1. The summed E-state index contributed by atoms with van der Waals surface area (Å²) in [6, 6.07) is 4.54. The topological polar surface area (TPSA) is 68.1 Å². The zero-order chi connectivity index (χ0) is 23.9. The summed E-state index contributed by atoms with van der Waals surface area (Å²) < 4.78 is 33.6. The van der Waals surface area contributed by atoms with Gasteiger partial charge >= 0.3 is 0 Å². The second kappa shape index (κ2) is 9.36. The molecule has 0 spiro atoms. The van der Waals surface area contributed by atoms with Gasteiger partial charge in [0.15, 0.2) is 0 Å². The highest BCUT2D eigenvalue weighted by atomic mass is 35.5. The number of aromatic nitrogens is 4. The second-order valence-corrected chi connectivity index (χ2v) is 9.86. The molecule has 0 aliphatic carbocycles. The zero-order valence-electron chi connectivity index (χ0n) is 19.4. The van der Waals surface area contributed by atoms with Crippen molar-refractivity contribution in [3.63, 3.8) is 0 Å². The largest absolute Gasteiger partial charge is 0.380 e. The number of ether oxygens (including phenoxy) is 1. The molecule has 10 heteroatoms. The highest BCUT2D eigenvalue weighted by Gasteiger charge is 2.29. The number of alkyl halides is 2. The third kappa shape index (κ3) is 5.01. The van der Waals surface area contributed by atoms with Crippen LogP contribution < -0.4 is 5.32 Å². The summed E-state index contributed by atoms with van der Waals surface area (Å²) in [4.78, 5) is 11.6. The Morgan fingerprint density at radius 1 is 1.21 bits per heavy atom. The molecular formula is C24H29ClF2N6O. The van der Waals surface area contributed by atoms with E-state index in [-0.39, 0.29) is 0 Å². The van der Waals surface area contributed by atoms with E-state index in [9.17, 15) is 8.78 Å². The van der Waals surface area contributed by atoms with Gasteiger partial charge in [-0.15, -0.1) is 0 Å². The molecule has 0 amide bonds. The summed E-state index contributed by atoms with van der Waals surface area (Å²) in [5.41, 5.74) is 3.12. The van der Waals surface area contributed by atoms with Gasteiger partial charge in [-0.2, -0.15) is 5.10 Å². The fraction of sp³-hybridized carbons (Fsp3) is 0.542. The van der Waals surface area contributed by atoms with Crippen LogP contribution in [-0.4, -0.2) is 62.9 Å². The second-order valence-electron chi connectivity index (χ2n) is 9.45. The summed E-state index contributed by atoms with van der Waals surface area (Å²) in [6.45, 7) is 5.93. The van der Waals surface area contributed by atoms with Crippen molar-refractivity contribution in [3.8, 4) is 0 Å². The van der Waals surface area contributed by atoms with Gasteiger partial charge in [0.1, 0.15) is 6.54 Å². The summed E-state index contributed by atoms with van der Waals surface area (Å²) >= 11 is 6.67. The molecule has 4 heterocycles. The molecule has 2 aliphatic heterocycles. The summed E-state index contributed by atoms with van der Waals surface area (Å²) in [6.07, 6.45) is 6.47. The van der Waals surface area contributed by atoms with E-state index in [2.05, 4.69) is 31.3 Å². The Kier molecular flexibility index (Phi) is 6.43. The first-order valence-corrected chi connectivity index (χ1v) is 12.1. The van der Waals surface area contributed by atoms with Crippen LogP contribution in [0.25, 0.3) is 10.9 Å². The standard InChI is InChI=1S/C24H29ClF2N6O/c1-15-22(12-29-33(15)14-24(2,26)27)31-23-28-11-17-9-20(25)19(10-21(17)30-23)16-3-6-32(7-4-16)18-5-8-34-13-18/h9-12,16,18H,3-8,13-14H2,1-2H3,(H,28,30,31). The smallest absolute Gasteiger partial charge is 0.264 e. The van der Waals surface area contributed by atoms with Crippen LogP contribution >= 0.6 is 11.6 Å². The lowest BCUT2D eigenvalue weighted by molar-refractivity contribution is 0.0000355. The van der Waals surface area contributed by atoms with Crippen LogP contribution in [0.2, 0.25) is 5.02 Å². The number of nitrogens with zero attached hydrogens (tertiary/aromatic N) is 5. The van der Waals surface area contributed by atoms with Crippen molar-refractivity contribution in [2.24, 2.45) is 0 Å². The van der Waals surface area contributed by atoms with Crippen LogP contribution in [0.3, 0.4) is 0 Å². The molecule has 1 aromatic carbocycles. The van der Waals surface area contributed by atoms with Crippen molar-refractivity contribution in [2.45, 2.75) is 57.5 Å². The highest BCUT2D eigenvalue weighted by Crippen LogP contribution is 2.36. The Morgan fingerprint density at radius 3 is 2.71 bits per heavy atom. The molecule has 2 aromatic heterocycles. The summed E-state index contributed by atoms with van der Waals surface area (Å²) in [5, 5.41) is 8.80. The van der Waals surface area contributed by atoms with E-state index in [0.717, 1.165) is 74.0 Å². The number of hydrogen-bond donors (Lipinski definition) is 1. The summed E-state index contributed by atoms with van der Waals surface area (Å²) in [7, 11) is 0. The van der Waals surface area contributed by atoms with Gasteiger partial charge in [0.25, 0.3) is 5.92 Å². The molecular weight excluding hydrogens is 462 g/mol. The van der Waals surface area contributed by atoms with E-state index in [1.165, 1.54) is 10.9 Å². The van der Waals surface area contributed by atoms with Crippen molar-refractivity contribution in [1.29, 1.82) is 0 Å². The number of benzene rings is 1. The van der Waals surface area contributed by atoms with Crippen LogP contribution in [0, 0.1) is 6.92 Å². The number of piperidine rings is 1. The molecule has 7 nitrogen and oxygen atoms in total. The molecule has 3 aromatic rings. The molecule has 5 rings (SSSR count). The van der Waals surface area contributed by atoms with Crippen molar-refractivity contribution >= 4 is 34.1 Å². The van der Waals surface area contributed by atoms with E-state index in [1.807, 2.05) is 6.07 Å². The average Bonchev–Trinajstić information content (AvgIpc) is 3.45. The molecule has 1 unspecified atom stereocenters. The minimum Gasteiger partial charge on any atom is -0.380 e. The number of hydrogen-bond acceptors (Lipinski definition) is 6. The first kappa shape index (κ1) is 23.4. The van der Waals surface area contributed by atoms with E-state index in [0.29, 0.717) is 29.3 Å². The minimum atomic E-state index is -2.84. The number of fused-ring (bicyclic) bond motifs is 1. The van der Waals surface area contributed by atoms with Crippen molar-refractivity contribution in [1.82, 2.24) is 24.6 Å². The van der Waals surface area contributed by atoms with Gasteiger partial charge in [-0.05, 0) is 62.9 Å². The quantitative estimate of drug-likeness (QED) is 0.515. The first-order valence-electron chi connectivity index (χ1n) is 11.7. The average molecular weight is 491 g/mol. The molecule has 1 atom stereocenters. The highest BCUT2D eigenvalue weighted by molar-refractivity contribution is 6.32. The Morgan fingerprint density at radius 2 is 2.00 bits per heavy atom. The van der Waals surface area contributed by atoms with Gasteiger partial charge in [0.05, 0.1) is 29.7 Å². The fourth-order valence-electron chi connectivity index (χ4n) is 4.94. The minimum absolute atomic E-state index is 0.387. The van der Waals surface area contributed by atoms with Gasteiger partial charge in [0, 0.05) is 36.2 Å². The zero-order valence-corrected chi connectivity index (χ0v) is 20.2. The monoisotopic (exact) mass is 490 g/mol. The SMILES string of the molecule is Cc1c(Nc2ncc3cc(Cl)c(C4CCN(C5CCOC5)CC4)cc3n2)cnn1CC(C)(F)F. The van der Waals surface area contributed by atoms with Gasteiger partial charge < -0.3 is 10.1 Å². The van der Waals surface area contributed by atoms with Crippen LogP contribution in [0.1, 0.15) is 43.4 Å². The molecule has 2 saturated heterocycles. The first-order chi connectivity index (χ1) is 16.3. The van der Waals surface area contributed by atoms with Crippen molar-refractivity contribution in [3.05, 3.63) is 40.8 Å². The van der Waals surface area contributed by atoms with Gasteiger partial charge in [-0.1, -0.05) is 11.6 Å². The van der Waals surface area contributed by atoms with E-state index in [1.54, 1.807) is 13.1 Å². The molecule has 0 radical (unpaired) electrons. The molecule has 2 fully saturated rings. The maximum Gasteiger partial charge on any atom is 0.264 e. The molecule has 0 bridgehead atoms. The lowest BCUT2D eigenvalue weighted by atomic mass is 9.88. The summed E-state index contributed by atoms with van der Waals surface area (Å²) in [5.74, 6) is -2.06. The lowest BCUT2D eigenvalue weighted by Crippen LogP contribution is -2.41. The fourth-order valence-corrected chi connectivity index (χ4v) is 5.26. The Labute approximate surface area is 202 Å². The lowest BCUT2D eigenvalue weighted by Gasteiger charge is -2.35. The van der Waals surface area contributed by atoms with Gasteiger partial charge in [-0.3, -0.25) is 9.58 Å². The number of rotatable bonds is 6. The van der Waals surface area contributed by atoms with Gasteiger partial charge in [-0.25, -0.2) is 18.7 Å². The predicted molar refractivity (Wildman–Crippen MR) is 128 cm³/mol. The van der Waals surface area contributed by atoms with E-state index >= 15 is 0 Å². The number of halogens is 3. The van der Waals surface area contributed by atoms with Crippen LogP contribution in [0.15, 0.2) is 24.5 Å². The molecule has 2 aliphatic rings. The van der Waals surface area contributed by atoms with Crippen LogP contribution in [0.4, 0.5) is 20.4 Å². The van der Waals surface area contributed by atoms with Crippen molar-refractivity contribution in [2.75, 3.05) is 31.6 Å². The molecule has 0 saturated carbocycles. The maximum atomic E-state index is 13.4. The Bertz CT molecular complexity index is 1170. The maximum absolute atomic E-state index is 13.4. The normalized spacial score (nSPS) is 20.3. The van der Waals surface area contributed by atoms with Crippen molar-refractivity contribution < 1.29 is 13.5 Å². The van der Waals surface area contributed by atoms with E-state index < -0.39 is 12.5 Å². The number of anilines is 2. The molecule has 1 N–H and O–H groups in total. The Hall–Kier alpha value is -2.36. The number of likely N-dealkylation sites (tertiary alicyclic amines) is 1. The third-order valence-electron chi connectivity index (χ3n) is 6.87. The van der Waals surface area contributed by atoms with Gasteiger partial charge in [0.2, 0.25) is 5.95 Å².